The van der Waals surface area contributed by atoms with Gasteiger partial charge in [-0.25, -0.2) is 9.50 Å². The SMILES string of the molecule is COc1cc(COc2cccc(-c3cc[c]cc3)c2)c2cc(-c3cn4nc(C)sc4n3)oc2c1. The van der Waals surface area contributed by atoms with Gasteiger partial charge in [-0.1, -0.05) is 47.7 Å². The van der Waals surface area contributed by atoms with Crippen LogP contribution >= 0.6 is 11.3 Å². The molecule has 1 radical (unpaired) electrons. The van der Waals surface area contributed by atoms with Gasteiger partial charge in [0.25, 0.3) is 0 Å². The molecule has 6 rings (SSSR count). The highest BCUT2D eigenvalue weighted by Crippen LogP contribution is 2.34. The summed E-state index contributed by atoms with van der Waals surface area (Å²) in [7, 11) is 1.65. The van der Waals surface area contributed by atoms with Gasteiger partial charge >= 0.3 is 0 Å². The van der Waals surface area contributed by atoms with Crippen LogP contribution in [-0.2, 0) is 6.61 Å². The largest absolute Gasteiger partial charge is 0.497 e. The average molecular weight is 467 g/mol. The molecule has 0 amide bonds. The molecule has 0 aliphatic heterocycles. The molecule has 3 aromatic carbocycles. The van der Waals surface area contributed by atoms with Crippen LogP contribution in [0.3, 0.4) is 0 Å². The molecule has 0 aliphatic carbocycles. The Kier molecular flexibility index (Phi) is 5.04. The van der Waals surface area contributed by atoms with Crippen LogP contribution in [0.25, 0.3) is 38.5 Å². The Balaban J connectivity index is 1.32. The number of hydrogen-bond donors (Lipinski definition) is 0. The fourth-order valence-electron chi connectivity index (χ4n) is 3.97. The number of hydrogen-bond acceptors (Lipinski definition) is 6. The van der Waals surface area contributed by atoms with Crippen LogP contribution in [0.1, 0.15) is 10.6 Å². The summed E-state index contributed by atoms with van der Waals surface area (Å²) < 4.78 is 19.6. The lowest BCUT2D eigenvalue weighted by Crippen LogP contribution is -1.97. The predicted molar refractivity (Wildman–Crippen MR) is 132 cm³/mol. The van der Waals surface area contributed by atoms with Crippen molar-refractivity contribution in [3.05, 3.63) is 89.6 Å². The van der Waals surface area contributed by atoms with Crippen molar-refractivity contribution in [3.8, 4) is 34.1 Å². The molecule has 3 aromatic heterocycles. The first-order valence-electron chi connectivity index (χ1n) is 10.8. The van der Waals surface area contributed by atoms with Crippen LogP contribution in [0.5, 0.6) is 11.5 Å². The highest BCUT2D eigenvalue weighted by atomic mass is 32.1. The van der Waals surface area contributed by atoms with Gasteiger partial charge in [0, 0.05) is 17.0 Å². The van der Waals surface area contributed by atoms with Gasteiger partial charge in [0.2, 0.25) is 4.96 Å². The van der Waals surface area contributed by atoms with E-state index in [0.717, 1.165) is 49.1 Å². The topological polar surface area (TPSA) is 61.8 Å². The molecule has 167 valence electrons. The maximum atomic E-state index is 6.19. The quantitative estimate of drug-likeness (QED) is 0.278. The predicted octanol–water partition coefficient (Wildman–Crippen LogP) is 6.57. The number of furan rings is 1. The van der Waals surface area contributed by atoms with E-state index in [1.165, 1.54) is 0 Å². The second-order valence-electron chi connectivity index (χ2n) is 7.89. The van der Waals surface area contributed by atoms with Crippen molar-refractivity contribution >= 4 is 27.3 Å². The second kappa shape index (κ2) is 8.35. The Labute approximate surface area is 200 Å². The third kappa shape index (κ3) is 3.80. The van der Waals surface area contributed by atoms with Gasteiger partial charge in [0.1, 0.15) is 34.4 Å². The van der Waals surface area contributed by atoms with Gasteiger partial charge in [0.05, 0.1) is 13.3 Å². The molecule has 6 nitrogen and oxygen atoms in total. The number of aryl methyl sites for hydroxylation is 1. The summed E-state index contributed by atoms with van der Waals surface area (Å²) in [5.41, 5.74) is 4.66. The first kappa shape index (κ1) is 20.5. The Bertz CT molecular complexity index is 1580. The van der Waals surface area contributed by atoms with Crippen molar-refractivity contribution in [1.82, 2.24) is 14.6 Å². The molecule has 0 N–H and O–H groups in total. The van der Waals surface area contributed by atoms with Crippen molar-refractivity contribution in [1.29, 1.82) is 0 Å². The molecule has 3 heterocycles. The average Bonchev–Trinajstić information content (AvgIpc) is 3.55. The van der Waals surface area contributed by atoms with E-state index in [4.69, 9.17) is 13.9 Å². The first-order chi connectivity index (χ1) is 16.7. The third-order valence-electron chi connectivity index (χ3n) is 5.61. The maximum Gasteiger partial charge on any atom is 0.212 e. The van der Waals surface area contributed by atoms with Crippen LogP contribution in [0.15, 0.2) is 77.3 Å². The highest BCUT2D eigenvalue weighted by Gasteiger charge is 2.16. The number of fused-ring (bicyclic) bond motifs is 2. The van der Waals surface area contributed by atoms with Gasteiger partial charge in [-0.05, 0) is 48.4 Å². The molecule has 0 saturated carbocycles. The summed E-state index contributed by atoms with van der Waals surface area (Å²) in [5, 5.41) is 6.37. The van der Waals surface area contributed by atoms with Gasteiger partial charge in [-0.15, -0.1) is 0 Å². The van der Waals surface area contributed by atoms with E-state index in [9.17, 15) is 0 Å². The van der Waals surface area contributed by atoms with Crippen LogP contribution < -0.4 is 9.47 Å². The van der Waals surface area contributed by atoms with Crippen molar-refractivity contribution in [3.63, 3.8) is 0 Å². The van der Waals surface area contributed by atoms with Crippen LogP contribution in [0.4, 0.5) is 0 Å². The third-order valence-corrected chi connectivity index (χ3v) is 6.45. The van der Waals surface area contributed by atoms with Crippen molar-refractivity contribution in [2.45, 2.75) is 13.5 Å². The number of ether oxygens (including phenoxy) is 2. The van der Waals surface area contributed by atoms with E-state index in [2.05, 4.69) is 22.2 Å². The van der Waals surface area contributed by atoms with Crippen LogP contribution in [0, 0.1) is 13.0 Å². The van der Waals surface area contributed by atoms with Crippen molar-refractivity contribution in [2.24, 2.45) is 0 Å². The normalized spacial score (nSPS) is 11.4. The molecule has 0 unspecified atom stereocenters. The Morgan fingerprint density at radius 2 is 1.91 bits per heavy atom. The number of benzene rings is 3. The molecular weight excluding hydrogens is 446 g/mol. The fourth-order valence-corrected chi connectivity index (χ4v) is 4.70. The summed E-state index contributed by atoms with van der Waals surface area (Å²) in [6.07, 6.45) is 1.89. The summed E-state index contributed by atoms with van der Waals surface area (Å²) in [6.45, 7) is 2.34. The number of rotatable bonds is 6. The van der Waals surface area contributed by atoms with E-state index < -0.39 is 0 Å². The van der Waals surface area contributed by atoms with E-state index in [-0.39, 0.29) is 0 Å². The van der Waals surface area contributed by atoms with Crippen molar-refractivity contribution < 1.29 is 13.9 Å². The molecule has 0 atom stereocenters. The summed E-state index contributed by atoms with van der Waals surface area (Å²) in [5.74, 6) is 2.19. The van der Waals surface area contributed by atoms with Gasteiger partial charge < -0.3 is 13.9 Å². The van der Waals surface area contributed by atoms with Crippen LogP contribution in [0.2, 0.25) is 0 Å². The number of methoxy groups -OCH3 is 1. The maximum absolute atomic E-state index is 6.19. The van der Waals surface area contributed by atoms with Gasteiger partial charge in [-0.3, -0.25) is 0 Å². The smallest absolute Gasteiger partial charge is 0.212 e. The molecule has 6 aromatic rings. The molecule has 0 fully saturated rings. The molecule has 0 saturated heterocycles. The minimum absolute atomic E-state index is 0.373. The van der Waals surface area contributed by atoms with E-state index in [1.54, 1.807) is 23.0 Å². The summed E-state index contributed by atoms with van der Waals surface area (Å²) in [6, 6.07) is 24.9. The Morgan fingerprint density at radius 1 is 1.03 bits per heavy atom. The minimum atomic E-state index is 0.373. The zero-order valence-corrected chi connectivity index (χ0v) is 19.4. The lowest BCUT2D eigenvalue weighted by atomic mass is 10.1. The lowest BCUT2D eigenvalue weighted by molar-refractivity contribution is 0.307. The zero-order chi connectivity index (χ0) is 23.1. The minimum Gasteiger partial charge on any atom is -0.497 e. The van der Waals surface area contributed by atoms with Crippen LogP contribution in [-0.4, -0.2) is 21.7 Å². The van der Waals surface area contributed by atoms with Crippen molar-refractivity contribution in [2.75, 3.05) is 7.11 Å². The molecular formula is C27H20N3O3S. The van der Waals surface area contributed by atoms with E-state index in [0.29, 0.717) is 18.1 Å². The van der Waals surface area contributed by atoms with Gasteiger partial charge in [0.15, 0.2) is 5.76 Å². The molecule has 7 heteroatoms. The molecule has 34 heavy (non-hydrogen) atoms. The lowest BCUT2D eigenvalue weighted by Gasteiger charge is -2.10. The molecule has 0 spiro atoms. The Morgan fingerprint density at radius 3 is 2.74 bits per heavy atom. The van der Waals surface area contributed by atoms with Gasteiger partial charge in [-0.2, -0.15) is 5.10 Å². The summed E-state index contributed by atoms with van der Waals surface area (Å²) in [4.78, 5) is 5.50. The summed E-state index contributed by atoms with van der Waals surface area (Å²) >= 11 is 1.55. The van der Waals surface area contributed by atoms with E-state index in [1.807, 2.05) is 73.8 Å². The second-order valence-corrected chi connectivity index (χ2v) is 9.05. The van der Waals surface area contributed by atoms with E-state index >= 15 is 0 Å². The number of aromatic nitrogens is 3. The molecule has 0 aliphatic rings. The Hall–Kier alpha value is -4.10. The fraction of sp³-hybridized carbons (Fsp3) is 0.111. The highest BCUT2D eigenvalue weighted by molar-refractivity contribution is 7.16. The monoisotopic (exact) mass is 466 g/mol. The number of imidazole rings is 1. The standard InChI is InChI=1S/C27H20N3O3S/c1-17-29-30-15-24(28-27(30)34-17)26-14-23-20(12-22(31-2)13-25(23)33-26)16-32-21-10-6-9-19(11-21)18-7-4-3-5-8-18/h4-15H,16H2,1-2H3. The molecule has 0 bridgehead atoms. The number of nitrogens with zero attached hydrogens (tertiary/aromatic N) is 3. The first-order valence-corrected chi connectivity index (χ1v) is 11.6. The zero-order valence-electron chi connectivity index (χ0n) is 18.6.